The first kappa shape index (κ1) is 11.5. The number of para-hydroxylation sites is 2. The van der Waals surface area contributed by atoms with Crippen LogP contribution in [0.3, 0.4) is 0 Å². The summed E-state index contributed by atoms with van der Waals surface area (Å²) in [6, 6.07) is 7.36. The van der Waals surface area contributed by atoms with Crippen LogP contribution in [-0.4, -0.2) is 15.3 Å². The Morgan fingerprint density at radius 2 is 2.06 bits per heavy atom. The summed E-state index contributed by atoms with van der Waals surface area (Å²) < 4.78 is 1.50. The van der Waals surface area contributed by atoms with Gasteiger partial charge in [0.2, 0.25) is 0 Å². The molecule has 1 aromatic heterocycles. The van der Waals surface area contributed by atoms with Crippen LogP contribution in [0.2, 0.25) is 0 Å². The van der Waals surface area contributed by atoms with Crippen molar-refractivity contribution in [3.63, 3.8) is 0 Å². The molecular weight excluding hydrogens is 216 g/mol. The molecule has 88 valence electrons. The van der Waals surface area contributed by atoms with E-state index >= 15 is 0 Å². The van der Waals surface area contributed by atoms with Crippen LogP contribution < -0.4 is 5.56 Å². The topological polar surface area (TPSA) is 52.0 Å². The molecule has 0 aliphatic heterocycles. The normalized spacial score (nSPS) is 10.7. The molecule has 0 saturated heterocycles. The van der Waals surface area contributed by atoms with Crippen LogP contribution in [-0.2, 0) is 11.3 Å². The number of ketones is 1. The first-order valence-electron chi connectivity index (χ1n) is 5.61. The molecule has 0 amide bonds. The SMILES string of the molecule is CCC(=O)Cn1c(=O)c(C)nc2ccccc21. The zero-order chi connectivity index (χ0) is 12.4. The fraction of sp³-hybridized carbons (Fsp3) is 0.308. The van der Waals surface area contributed by atoms with Crippen LogP contribution in [0.1, 0.15) is 19.0 Å². The molecule has 2 rings (SSSR count). The van der Waals surface area contributed by atoms with E-state index in [1.54, 1.807) is 13.8 Å². The highest BCUT2D eigenvalue weighted by molar-refractivity contribution is 5.81. The summed E-state index contributed by atoms with van der Waals surface area (Å²) in [4.78, 5) is 27.7. The second kappa shape index (κ2) is 4.49. The summed E-state index contributed by atoms with van der Waals surface area (Å²) >= 11 is 0. The number of benzene rings is 1. The molecular formula is C13H14N2O2. The Kier molecular flexibility index (Phi) is 3.04. The van der Waals surface area contributed by atoms with Crippen LogP contribution in [0, 0.1) is 6.92 Å². The summed E-state index contributed by atoms with van der Waals surface area (Å²) in [5.74, 6) is 0.0443. The van der Waals surface area contributed by atoms with E-state index in [2.05, 4.69) is 4.98 Å². The van der Waals surface area contributed by atoms with Gasteiger partial charge < -0.3 is 0 Å². The van der Waals surface area contributed by atoms with E-state index in [0.717, 1.165) is 5.52 Å². The zero-order valence-electron chi connectivity index (χ0n) is 9.93. The Morgan fingerprint density at radius 1 is 1.35 bits per heavy atom. The smallest absolute Gasteiger partial charge is 0.272 e. The average molecular weight is 230 g/mol. The molecule has 0 atom stereocenters. The van der Waals surface area contributed by atoms with E-state index in [1.807, 2.05) is 24.3 Å². The molecule has 0 bridgehead atoms. The summed E-state index contributed by atoms with van der Waals surface area (Å²) in [5.41, 5.74) is 1.69. The van der Waals surface area contributed by atoms with Gasteiger partial charge in [0.15, 0.2) is 5.78 Å². The molecule has 0 N–H and O–H groups in total. The van der Waals surface area contributed by atoms with Crippen LogP contribution in [0.4, 0.5) is 0 Å². The fourth-order valence-corrected chi connectivity index (χ4v) is 1.77. The van der Waals surface area contributed by atoms with Gasteiger partial charge in [-0.1, -0.05) is 19.1 Å². The standard InChI is InChI=1S/C13H14N2O2/c1-3-10(16)8-15-12-7-5-4-6-11(12)14-9(2)13(15)17/h4-7H,3,8H2,1-2H3. The molecule has 0 fully saturated rings. The third-order valence-electron chi connectivity index (χ3n) is 2.74. The molecule has 1 aromatic carbocycles. The lowest BCUT2D eigenvalue weighted by molar-refractivity contribution is -0.119. The number of hydrogen-bond donors (Lipinski definition) is 0. The van der Waals surface area contributed by atoms with Gasteiger partial charge in [-0.25, -0.2) is 4.98 Å². The van der Waals surface area contributed by atoms with Gasteiger partial charge in [0.1, 0.15) is 5.69 Å². The summed E-state index contributed by atoms with van der Waals surface area (Å²) in [5, 5.41) is 0. The highest BCUT2D eigenvalue weighted by atomic mass is 16.1. The van der Waals surface area contributed by atoms with Crippen LogP contribution in [0.5, 0.6) is 0 Å². The molecule has 17 heavy (non-hydrogen) atoms. The molecule has 0 saturated carbocycles. The van der Waals surface area contributed by atoms with Crippen molar-refractivity contribution < 1.29 is 4.79 Å². The van der Waals surface area contributed by atoms with E-state index < -0.39 is 0 Å². The van der Waals surface area contributed by atoms with E-state index in [9.17, 15) is 9.59 Å². The van der Waals surface area contributed by atoms with E-state index in [4.69, 9.17) is 0 Å². The Labute approximate surface area is 98.9 Å². The van der Waals surface area contributed by atoms with Crippen molar-refractivity contribution in [3.05, 3.63) is 40.3 Å². The summed E-state index contributed by atoms with van der Waals surface area (Å²) in [7, 11) is 0. The lowest BCUT2D eigenvalue weighted by Gasteiger charge is -2.09. The van der Waals surface area contributed by atoms with Crippen LogP contribution >= 0.6 is 0 Å². The van der Waals surface area contributed by atoms with Crippen molar-refractivity contribution in [2.24, 2.45) is 0 Å². The van der Waals surface area contributed by atoms with Crippen molar-refractivity contribution in [2.45, 2.75) is 26.8 Å². The number of rotatable bonds is 3. The minimum Gasteiger partial charge on any atom is -0.298 e. The van der Waals surface area contributed by atoms with Crippen molar-refractivity contribution >= 4 is 16.8 Å². The van der Waals surface area contributed by atoms with Crippen molar-refractivity contribution in [2.75, 3.05) is 0 Å². The number of aromatic nitrogens is 2. The van der Waals surface area contributed by atoms with Gasteiger partial charge >= 0.3 is 0 Å². The zero-order valence-corrected chi connectivity index (χ0v) is 9.93. The monoisotopic (exact) mass is 230 g/mol. The molecule has 4 nitrogen and oxygen atoms in total. The molecule has 0 aliphatic carbocycles. The molecule has 0 spiro atoms. The van der Waals surface area contributed by atoms with Gasteiger partial charge in [0.25, 0.3) is 5.56 Å². The van der Waals surface area contributed by atoms with E-state index in [0.29, 0.717) is 17.6 Å². The Balaban J connectivity index is 2.70. The highest BCUT2D eigenvalue weighted by Crippen LogP contribution is 2.09. The average Bonchev–Trinajstić information content (AvgIpc) is 2.34. The highest BCUT2D eigenvalue weighted by Gasteiger charge is 2.09. The van der Waals surface area contributed by atoms with E-state index in [1.165, 1.54) is 4.57 Å². The maximum Gasteiger partial charge on any atom is 0.272 e. The molecule has 1 heterocycles. The number of nitrogens with zero attached hydrogens (tertiary/aromatic N) is 2. The predicted molar refractivity (Wildman–Crippen MR) is 66.0 cm³/mol. The lowest BCUT2D eigenvalue weighted by Crippen LogP contribution is -2.27. The molecule has 4 heteroatoms. The first-order chi connectivity index (χ1) is 8.13. The first-order valence-corrected chi connectivity index (χ1v) is 5.61. The van der Waals surface area contributed by atoms with Gasteiger partial charge in [-0.05, 0) is 19.1 Å². The van der Waals surface area contributed by atoms with Gasteiger partial charge in [-0.2, -0.15) is 0 Å². The number of aryl methyl sites for hydroxylation is 1. The van der Waals surface area contributed by atoms with Crippen LogP contribution in [0.15, 0.2) is 29.1 Å². The fourth-order valence-electron chi connectivity index (χ4n) is 1.77. The Morgan fingerprint density at radius 3 is 2.76 bits per heavy atom. The molecule has 0 aliphatic rings. The quantitative estimate of drug-likeness (QED) is 0.806. The molecule has 0 unspecified atom stereocenters. The Hall–Kier alpha value is -1.97. The van der Waals surface area contributed by atoms with Crippen molar-refractivity contribution in [1.29, 1.82) is 0 Å². The third-order valence-corrected chi connectivity index (χ3v) is 2.74. The predicted octanol–water partition coefficient (Wildman–Crippen LogP) is 1.68. The molecule has 2 aromatic rings. The van der Waals surface area contributed by atoms with Crippen molar-refractivity contribution in [3.8, 4) is 0 Å². The van der Waals surface area contributed by atoms with Gasteiger partial charge in [0.05, 0.1) is 17.6 Å². The number of carbonyl (C=O) groups excluding carboxylic acids is 1. The summed E-state index contributed by atoms with van der Waals surface area (Å²) in [6.07, 6.45) is 0.433. The molecule has 0 radical (unpaired) electrons. The summed E-state index contributed by atoms with van der Waals surface area (Å²) in [6.45, 7) is 3.59. The Bertz CT molecular complexity index is 629. The van der Waals surface area contributed by atoms with Gasteiger partial charge in [-0.15, -0.1) is 0 Å². The maximum absolute atomic E-state index is 12.0. The lowest BCUT2D eigenvalue weighted by atomic mass is 10.2. The van der Waals surface area contributed by atoms with Crippen LogP contribution in [0.25, 0.3) is 11.0 Å². The number of Topliss-reactive ketones (excluding diaryl/α,β-unsaturated/α-hetero) is 1. The minimum atomic E-state index is -0.189. The largest absolute Gasteiger partial charge is 0.298 e. The number of hydrogen-bond acceptors (Lipinski definition) is 3. The van der Waals surface area contributed by atoms with Gasteiger partial charge in [-0.3, -0.25) is 14.2 Å². The number of fused-ring (bicyclic) bond motifs is 1. The third kappa shape index (κ3) is 2.11. The number of carbonyl (C=O) groups is 1. The second-order valence-electron chi connectivity index (χ2n) is 3.97. The van der Waals surface area contributed by atoms with Crippen molar-refractivity contribution in [1.82, 2.24) is 9.55 Å². The minimum absolute atomic E-state index is 0.0443. The van der Waals surface area contributed by atoms with E-state index in [-0.39, 0.29) is 17.9 Å². The van der Waals surface area contributed by atoms with Gasteiger partial charge in [0, 0.05) is 6.42 Å². The maximum atomic E-state index is 12.0. The second-order valence-corrected chi connectivity index (χ2v) is 3.97.